The largest absolute Gasteiger partial charge is 0.494 e. The van der Waals surface area contributed by atoms with Crippen molar-refractivity contribution < 1.29 is 19.1 Å². The van der Waals surface area contributed by atoms with Crippen molar-refractivity contribution in [1.29, 1.82) is 0 Å². The van der Waals surface area contributed by atoms with E-state index in [9.17, 15) is 9.59 Å². The molecule has 0 N–H and O–H groups in total. The molecule has 2 aliphatic rings. The second kappa shape index (κ2) is 8.94. The quantitative estimate of drug-likeness (QED) is 0.667. The fourth-order valence-corrected chi connectivity index (χ4v) is 4.07. The molecule has 0 unspecified atom stereocenters. The monoisotopic (exact) mass is 420 g/mol. The number of hydrogen-bond donors (Lipinski definition) is 0. The standard InChI is InChI=1S/C25H28N2O4/c1-4-13-31-20-8-6-19(7-9-20)22-23(26-11-14-30-15-12-26)25(29)27(24(22)28)21-10-5-17(2)16-18(21)3/h5-10,16H,4,11-15H2,1-3H3. The minimum Gasteiger partial charge on any atom is -0.494 e. The number of benzene rings is 2. The number of carbonyl (C=O) groups is 2. The lowest BCUT2D eigenvalue weighted by atomic mass is 10.0. The Morgan fingerprint density at radius 2 is 1.68 bits per heavy atom. The van der Waals surface area contributed by atoms with Crippen LogP contribution in [0.15, 0.2) is 48.2 Å². The maximum absolute atomic E-state index is 13.6. The van der Waals surface area contributed by atoms with E-state index in [1.165, 1.54) is 4.90 Å². The molecule has 6 nitrogen and oxygen atoms in total. The first kappa shape index (κ1) is 21.1. The molecule has 2 heterocycles. The lowest BCUT2D eigenvalue weighted by Crippen LogP contribution is -2.40. The molecule has 0 aliphatic carbocycles. The number of ether oxygens (including phenoxy) is 2. The van der Waals surface area contributed by atoms with E-state index in [1.807, 2.05) is 61.2 Å². The molecule has 0 bridgehead atoms. The van der Waals surface area contributed by atoms with Crippen LogP contribution in [-0.4, -0.2) is 49.6 Å². The summed E-state index contributed by atoms with van der Waals surface area (Å²) in [6.45, 7) is 8.84. The Morgan fingerprint density at radius 1 is 0.968 bits per heavy atom. The van der Waals surface area contributed by atoms with Gasteiger partial charge < -0.3 is 14.4 Å². The Morgan fingerprint density at radius 3 is 2.32 bits per heavy atom. The number of carbonyl (C=O) groups excluding carboxylic acids is 2. The highest BCUT2D eigenvalue weighted by Crippen LogP contribution is 2.37. The van der Waals surface area contributed by atoms with Crippen LogP contribution in [0.25, 0.3) is 5.57 Å². The van der Waals surface area contributed by atoms with Gasteiger partial charge in [-0.3, -0.25) is 9.59 Å². The molecule has 0 radical (unpaired) electrons. The van der Waals surface area contributed by atoms with Gasteiger partial charge in [0.25, 0.3) is 11.8 Å². The minimum absolute atomic E-state index is 0.278. The van der Waals surface area contributed by atoms with Crippen LogP contribution in [0.5, 0.6) is 5.75 Å². The molecule has 31 heavy (non-hydrogen) atoms. The van der Waals surface area contributed by atoms with Gasteiger partial charge in [-0.2, -0.15) is 0 Å². The maximum atomic E-state index is 13.6. The summed E-state index contributed by atoms with van der Waals surface area (Å²) in [7, 11) is 0. The molecule has 2 amide bonds. The molecule has 1 saturated heterocycles. The van der Waals surface area contributed by atoms with Gasteiger partial charge in [0.05, 0.1) is 31.1 Å². The van der Waals surface area contributed by atoms with Crippen LogP contribution in [0.3, 0.4) is 0 Å². The Hall–Kier alpha value is -3.12. The first-order chi connectivity index (χ1) is 15.0. The van der Waals surface area contributed by atoms with Gasteiger partial charge in [0.2, 0.25) is 0 Å². The highest BCUT2D eigenvalue weighted by Gasteiger charge is 2.43. The first-order valence-corrected chi connectivity index (χ1v) is 10.8. The second-order valence-corrected chi connectivity index (χ2v) is 7.93. The van der Waals surface area contributed by atoms with Crippen LogP contribution >= 0.6 is 0 Å². The van der Waals surface area contributed by atoms with Crippen molar-refractivity contribution in [1.82, 2.24) is 4.90 Å². The number of amides is 2. The molecule has 0 aromatic heterocycles. The molecule has 6 heteroatoms. The molecular formula is C25H28N2O4. The third-order valence-electron chi connectivity index (χ3n) is 5.60. The zero-order valence-electron chi connectivity index (χ0n) is 18.3. The van der Waals surface area contributed by atoms with Crippen LogP contribution in [0.1, 0.15) is 30.0 Å². The van der Waals surface area contributed by atoms with Crippen molar-refractivity contribution in [3.63, 3.8) is 0 Å². The fraction of sp³-hybridized carbons (Fsp3) is 0.360. The van der Waals surface area contributed by atoms with E-state index in [4.69, 9.17) is 9.47 Å². The average Bonchev–Trinajstić information content (AvgIpc) is 3.03. The molecule has 1 fully saturated rings. The molecule has 0 spiro atoms. The zero-order chi connectivity index (χ0) is 22.0. The van der Waals surface area contributed by atoms with E-state index in [2.05, 4.69) is 6.92 Å². The summed E-state index contributed by atoms with van der Waals surface area (Å²) in [5.41, 5.74) is 4.22. The van der Waals surface area contributed by atoms with Gasteiger partial charge in [0.1, 0.15) is 11.4 Å². The number of aryl methyl sites for hydroxylation is 2. The third-order valence-corrected chi connectivity index (χ3v) is 5.60. The number of rotatable bonds is 6. The molecular weight excluding hydrogens is 392 g/mol. The Bertz CT molecular complexity index is 1020. The van der Waals surface area contributed by atoms with Crippen LogP contribution in [0.4, 0.5) is 5.69 Å². The highest BCUT2D eigenvalue weighted by atomic mass is 16.5. The van der Waals surface area contributed by atoms with Gasteiger partial charge in [-0.25, -0.2) is 4.90 Å². The SMILES string of the molecule is CCCOc1ccc(C2=C(N3CCOCC3)C(=O)N(c3ccc(C)cc3C)C2=O)cc1. The summed E-state index contributed by atoms with van der Waals surface area (Å²) in [6.07, 6.45) is 0.923. The normalized spacial score (nSPS) is 17.0. The predicted octanol–water partition coefficient (Wildman–Crippen LogP) is 3.71. The molecule has 162 valence electrons. The van der Waals surface area contributed by atoms with Gasteiger partial charge in [-0.1, -0.05) is 36.8 Å². The topological polar surface area (TPSA) is 59.1 Å². The van der Waals surface area contributed by atoms with Crippen LogP contribution < -0.4 is 9.64 Å². The second-order valence-electron chi connectivity index (χ2n) is 7.93. The van der Waals surface area contributed by atoms with E-state index in [-0.39, 0.29) is 11.8 Å². The summed E-state index contributed by atoms with van der Waals surface area (Å²) in [5.74, 6) is 0.183. The molecule has 2 aliphatic heterocycles. The summed E-state index contributed by atoms with van der Waals surface area (Å²) in [4.78, 5) is 30.5. The molecule has 4 rings (SSSR count). The zero-order valence-corrected chi connectivity index (χ0v) is 18.3. The predicted molar refractivity (Wildman–Crippen MR) is 120 cm³/mol. The van der Waals surface area contributed by atoms with Gasteiger partial charge >= 0.3 is 0 Å². The van der Waals surface area contributed by atoms with Gasteiger partial charge in [0, 0.05) is 13.1 Å². The van der Waals surface area contributed by atoms with Crippen LogP contribution in [-0.2, 0) is 14.3 Å². The average molecular weight is 421 g/mol. The minimum atomic E-state index is -0.291. The van der Waals surface area contributed by atoms with Crippen molar-refractivity contribution in [3.8, 4) is 5.75 Å². The van der Waals surface area contributed by atoms with Crippen molar-refractivity contribution in [2.75, 3.05) is 37.8 Å². The van der Waals surface area contributed by atoms with Gasteiger partial charge in [-0.15, -0.1) is 0 Å². The molecule has 2 aromatic rings. The number of hydrogen-bond acceptors (Lipinski definition) is 5. The van der Waals surface area contributed by atoms with Crippen molar-refractivity contribution >= 4 is 23.1 Å². The van der Waals surface area contributed by atoms with Gasteiger partial charge in [0.15, 0.2) is 0 Å². The molecule has 0 atom stereocenters. The maximum Gasteiger partial charge on any atom is 0.282 e. The fourth-order valence-electron chi connectivity index (χ4n) is 4.07. The lowest BCUT2D eigenvalue weighted by Gasteiger charge is -2.29. The number of morpholine rings is 1. The van der Waals surface area contributed by atoms with Crippen molar-refractivity contribution in [2.45, 2.75) is 27.2 Å². The number of nitrogens with zero attached hydrogens (tertiary/aromatic N) is 2. The van der Waals surface area contributed by atoms with Crippen molar-refractivity contribution in [3.05, 3.63) is 64.9 Å². The molecule has 0 saturated carbocycles. The summed E-state index contributed by atoms with van der Waals surface area (Å²) in [6, 6.07) is 13.2. The van der Waals surface area contributed by atoms with E-state index in [1.54, 1.807) is 0 Å². The highest BCUT2D eigenvalue weighted by molar-refractivity contribution is 6.45. The third kappa shape index (κ3) is 4.08. The van der Waals surface area contributed by atoms with E-state index >= 15 is 0 Å². The smallest absolute Gasteiger partial charge is 0.282 e. The Balaban J connectivity index is 1.76. The lowest BCUT2D eigenvalue weighted by molar-refractivity contribution is -0.121. The molecule has 2 aromatic carbocycles. The summed E-state index contributed by atoms with van der Waals surface area (Å²) < 4.78 is 11.1. The Labute approximate surface area is 183 Å². The van der Waals surface area contributed by atoms with E-state index < -0.39 is 0 Å². The van der Waals surface area contributed by atoms with E-state index in [0.29, 0.717) is 49.9 Å². The number of imide groups is 1. The van der Waals surface area contributed by atoms with E-state index in [0.717, 1.165) is 28.9 Å². The first-order valence-electron chi connectivity index (χ1n) is 10.8. The van der Waals surface area contributed by atoms with Crippen LogP contribution in [0.2, 0.25) is 0 Å². The van der Waals surface area contributed by atoms with Crippen molar-refractivity contribution in [2.24, 2.45) is 0 Å². The summed E-state index contributed by atoms with van der Waals surface area (Å²) in [5, 5.41) is 0. The summed E-state index contributed by atoms with van der Waals surface area (Å²) >= 11 is 0. The number of anilines is 1. The Kier molecular flexibility index (Phi) is 6.09. The van der Waals surface area contributed by atoms with Gasteiger partial charge in [-0.05, 0) is 49.6 Å². The van der Waals surface area contributed by atoms with Crippen LogP contribution in [0, 0.1) is 13.8 Å².